The summed E-state index contributed by atoms with van der Waals surface area (Å²) in [6.45, 7) is 3.97. The lowest BCUT2D eigenvalue weighted by Gasteiger charge is -2.11. The van der Waals surface area contributed by atoms with E-state index in [1.807, 2.05) is 13.8 Å². The maximum atomic E-state index is 12.3. The maximum absolute atomic E-state index is 12.3. The second-order valence-electron chi connectivity index (χ2n) is 5.35. The summed E-state index contributed by atoms with van der Waals surface area (Å²) < 4.78 is 6.97. The van der Waals surface area contributed by atoms with Crippen LogP contribution < -0.4 is 5.32 Å². The van der Waals surface area contributed by atoms with Gasteiger partial charge in [-0.25, -0.2) is 0 Å². The van der Waals surface area contributed by atoms with Crippen LogP contribution in [0.2, 0.25) is 0 Å². The van der Waals surface area contributed by atoms with Crippen LogP contribution in [0.3, 0.4) is 0 Å². The van der Waals surface area contributed by atoms with Crippen molar-refractivity contribution in [2.75, 3.05) is 5.32 Å². The Bertz CT molecular complexity index is 627. The van der Waals surface area contributed by atoms with Crippen molar-refractivity contribution >= 4 is 11.8 Å². The molecule has 0 atom stereocenters. The molecule has 106 valence electrons. The Labute approximate surface area is 117 Å². The van der Waals surface area contributed by atoms with Crippen molar-refractivity contribution in [3.05, 3.63) is 29.2 Å². The number of carbonyl (C=O) groups excluding carboxylic acids is 1. The number of hydrogen-bond donors (Lipinski definition) is 1. The van der Waals surface area contributed by atoms with E-state index in [2.05, 4.69) is 15.6 Å². The Morgan fingerprint density at radius 1 is 1.40 bits per heavy atom. The fourth-order valence-corrected chi connectivity index (χ4v) is 2.56. The largest absolute Gasteiger partial charge is 0.338 e. The van der Waals surface area contributed by atoms with Crippen LogP contribution in [0.25, 0.3) is 0 Å². The number of nitrogens with zero attached hydrogens (tertiary/aromatic N) is 3. The van der Waals surface area contributed by atoms with Crippen molar-refractivity contribution in [1.29, 1.82) is 0 Å². The second kappa shape index (κ2) is 5.11. The van der Waals surface area contributed by atoms with Gasteiger partial charge in [-0.3, -0.25) is 14.8 Å². The molecular weight excluding hydrogens is 256 g/mol. The highest BCUT2D eigenvalue weighted by Gasteiger charge is 2.22. The van der Waals surface area contributed by atoms with E-state index in [4.69, 9.17) is 4.52 Å². The molecule has 6 nitrogen and oxygen atoms in total. The van der Waals surface area contributed by atoms with Gasteiger partial charge in [-0.2, -0.15) is 5.10 Å². The van der Waals surface area contributed by atoms with Crippen LogP contribution in [0, 0.1) is 0 Å². The van der Waals surface area contributed by atoms with Gasteiger partial charge in [0.15, 0.2) is 0 Å². The Kier molecular flexibility index (Phi) is 3.30. The van der Waals surface area contributed by atoms with Crippen LogP contribution in [-0.4, -0.2) is 20.8 Å². The number of hydrogen-bond acceptors (Lipinski definition) is 4. The molecule has 2 aromatic heterocycles. The third kappa shape index (κ3) is 2.21. The van der Waals surface area contributed by atoms with Crippen LogP contribution in [0.5, 0.6) is 0 Å². The lowest BCUT2D eigenvalue weighted by atomic mass is 9.98. The van der Waals surface area contributed by atoms with Gasteiger partial charge in [0.05, 0.1) is 5.69 Å². The Hall–Kier alpha value is -2.11. The minimum absolute atomic E-state index is 0.134. The highest BCUT2D eigenvalue weighted by molar-refractivity contribution is 6.02. The number of carbonyl (C=O) groups is 1. The summed E-state index contributed by atoms with van der Waals surface area (Å²) in [5, 5.41) is 11.0. The predicted octanol–water partition coefficient (Wildman–Crippen LogP) is 2.58. The van der Waals surface area contributed by atoms with Gasteiger partial charge in [0.25, 0.3) is 5.91 Å². The summed E-state index contributed by atoms with van der Waals surface area (Å²) in [7, 11) is 0. The highest BCUT2D eigenvalue weighted by atomic mass is 16.5. The summed E-state index contributed by atoms with van der Waals surface area (Å²) in [6.07, 6.45) is 5.72. The SMILES string of the molecule is CC(C)n1nccc1C(=O)Nc1onc2c1CCCC2. The average molecular weight is 274 g/mol. The molecule has 2 aromatic rings. The number of fused-ring (bicyclic) bond motifs is 1. The first-order valence-electron chi connectivity index (χ1n) is 6.99. The normalized spacial score (nSPS) is 14.3. The topological polar surface area (TPSA) is 73.0 Å². The summed E-state index contributed by atoms with van der Waals surface area (Å²) in [5.41, 5.74) is 2.55. The standard InChI is InChI=1S/C14H18N4O2/c1-9(2)18-12(7-8-15-18)13(19)16-14-10-5-3-4-6-11(10)17-20-14/h7-9H,3-6H2,1-2H3,(H,16,19). The Balaban J connectivity index is 1.82. The van der Waals surface area contributed by atoms with E-state index in [1.54, 1.807) is 16.9 Å². The quantitative estimate of drug-likeness (QED) is 0.933. The maximum Gasteiger partial charge on any atom is 0.276 e. The molecule has 1 amide bonds. The number of aryl methyl sites for hydroxylation is 1. The van der Waals surface area contributed by atoms with Gasteiger partial charge in [-0.05, 0) is 45.6 Å². The molecule has 20 heavy (non-hydrogen) atoms. The minimum Gasteiger partial charge on any atom is -0.338 e. The lowest BCUT2D eigenvalue weighted by molar-refractivity contribution is 0.101. The zero-order valence-corrected chi connectivity index (χ0v) is 11.7. The van der Waals surface area contributed by atoms with E-state index < -0.39 is 0 Å². The Morgan fingerprint density at radius 3 is 3.00 bits per heavy atom. The molecule has 3 rings (SSSR count). The second-order valence-corrected chi connectivity index (χ2v) is 5.35. The van der Waals surface area contributed by atoms with Crippen LogP contribution in [0.1, 0.15) is 54.5 Å². The van der Waals surface area contributed by atoms with Gasteiger partial charge in [0, 0.05) is 17.8 Å². The van der Waals surface area contributed by atoms with E-state index in [0.29, 0.717) is 11.6 Å². The molecule has 1 aliphatic rings. The average Bonchev–Trinajstić information content (AvgIpc) is 3.06. The van der Waals surface area contributed by atoms with Crippen molar-refractivity contribution in [3.8, 4) is 0 Å². The van der Waals surface area contributed by atoms with E-state index >= 15 is 0 Å². The molecule has 2 heterocycles. The van der Waals surface area contributed by atoms with E-state index in [-0.39, 0.29) is 11.9 Å². The molecule has 0 radical (unpaired) electrons. The molecule has 1 N–H and O–H groups in total. The zero-order valence-electron chi connectivity index (χ0n) is 11.7. The molecule has 0 fully saturated rings. The summed E-state index contributed by atoms with van der Waals surface area (Å²) in [4.78, 5) is 12.3. The van der Waals surface area contributed by atoms with Crippen molar-refractivity contribution < 1.29 is 9.32 Å². The summed E-state index contributed by atoms with van der Waals surface area (Å²) >= 11 is 0. The molecule has 0 saturated carbocycles. The Morgan fingerprint density at radius 2 is 2.20 bits per heavy atom. The smallest absolute Gasteiger partial charge is 0.276 e. The number of aromatic nitrogens is 3. The molecule has 0 aromatic carbocycles. The van der Waals surface area contributed by atoms with Gasteiger partial charge < -0.3 is 4.52 Å². The predicted molar refractivity (Wildman–Crippen MR) is 73.7 cm³/mol. The van der Waals surface area contributed by atoms with E-state index in [9.17, 15) is 4.79 Å². The molecule has 0 spiro atoms. The molecule has 0 saturated heterocycles. The summed E-state index contributed by atoms with van der Waals surface area (Å²) in [6, 6.07) is 1.84. The highest BCUT2D eigenvalue weighted by Crippen LogP contribution is 2.27. The molecule has 1 aliphatic carbocycles. The van der Waals surface area contributed by atoms with E-state index in [0.717, 1.165) is 36.9 Å². The molecule has 6 heteroatoms. The third-order valence-corrected chi connectivity index (χ3v) is 3.58. The first kappa shape index (κ1) is 12.9. The van der Waals surface area contributed by atoms with Crippen molar-refractivity contribution in [2.24, 2.45) is 0 Å². The van der Waals surface area contributed by atoms with Crippen molar-refractivity contribution in [1.82, 2.24) is 14.9 Å². The lowest BCUT2D eigenvalue weighted by Crippen LogP contribution is -2.19. The van der Waals surface area contributed by atoms with Gasteiger partial charge in [0.2, 0.25) is 5.88 Å². The number of anilines is 1. The van der Waals surface area contributed by atoms with Crippen LogP contribution in [-0.2, 0) is 12.8 Å². The minimum atomic E-state index is -0.208. The molecule has 0 bridgehead atoms. The molecule has 0 aliphatic heterocycles. The zero-order chi connectivity index (χ0) is 14.1. The van der Waals surface area contributed by atoms with Gasteiger partial charge in [-0.15, -0.1) is 0 Å². The van der Waals surface area contributed by atoms with Crippen LogP contribution >= 0.6 is 0 Å². The number of nitrogens with one attached hydrogen (secondary N) is 1. The summed E-state index contributed by atoms with van der Waals surface area (Å²) in [5.74, 6) is 0.280. The van der Waals surface area contributed by atoms with E-state index in [1.165, 1.54) is 0 Å². The molecule has 0 unspecified atom stereocenters. The first-order valence-corrected chi connectivity index (χ1v) is 6.99. The number of rotatable bonds is 3. The van der Waals surface area contributed by atoms with Gasteiger partial charge >= 0.3 is 0 Å². The first-order chi connectivity index (χ1) is 9.66. The monoisotopic (exact) mass is 274 g/mol. The molecular formula is C14H18N4O2. The van der Waals surface area contributed by atoms with Gasteiger partial charge in [0.1, 0.15) is 5.69 Å². The van der Waals surface area contributed by atoms with Crippen molar-refractivity contribution in [2.45, 2.75) is 45.6 Å². The fourth-order valence-electron chi connectivity index (χ4n) is 2.56. The van der Waals surface area contributed by atoms with Crippen LogP contribution in [0.4, 0.5) is 5.88 Å². The number of amides is 1. The van der Waals surface area contributed by atoms with Gasteiger partial charge in [-0.1, -0.05) is 5.16 Å². The third-order valence-electron chi connectivity index (χ3n) is 3.58. The fraction of sp³-hybridized carbons (Fsp3) is 0.500. The van der Waals surface area contributed by atoms with Crippen molar-refractivity contribution in [3.63, 3.8) is 0 Å². The van der Waals surface area contributed by atoms with Crippen LogP contribution in [0.15, 0.2) is 16.8 Å².